The van der Waals surface area contributed by atoms with Crippen LogP contribution in [0.2, 0.25) is 0 Å². The number of aromatic amines is 1. The van der Waals surface area contributed by atoms with Gasteiger partial charge in [-0.15, -0.1) is 0 Å². The summed E-state index contributed by atoms with van der Waals surface area (Å²) in [6.45, 7) is 6.16. The van der Waals surface area contributed by atoms with E-state index in [0.29, 0.717) is 28.9 Å². The van der Waals surface area contributed by atoms with Crippen molar-refractivity contribution in [2.45, 2.75) is 26.3 Å². The minimum atomic E-state index is -0.208. The second-order valence-corrected chi connectivity index (χ2v) is 7.38. The predicted molar refractivity (Wildman–Crippen MR) is 98.8 cm³/mol. The molecular formula is C20H24N4O2. The molecule has 26 heavy (non-hydrogen) atoms. The molecule has 0 unspecified atom stereocenters. The molecule has 1 amide bonds. The molecule has 0 saturated carbocycles. The van der Waals surface area contributed by atoms with Gasteiger partial charge in [-0.2, -0.15) is 0 Å². The highest BCUT2D eigenvalue weighted by Crippen LogP contribution is 2.42. The van der Waals surface area contributed by atoms with E-state index in [4.69, 9.17) is 0 Å². The first-order valence-corrected chi connectivity index (χ1v) is 9.16. The van der Waals surface area contributed by atoms with Gasteiger partial charge in [0.1, 0.15) is 5.82 Å². The molecule has 1 aromatic heterocycles. The fourth-order valence-corrected chi connectivity index (χ4v) is 4.47. The van der Waals surface area contributed by atoms with Crippen LogP contribution in [0.15, 0.2) is 35.1 Å². The summed E-state index contributed by atoms with van der Waals surface area (Å²) in [4.78, 5) is 34.4. The molecule has 2 N–H and O–H groups in total. The number of aromatic nitrogens is 2. The van der Waals surface area contributed by atoms with Crippen LogP contribution in [-0.2, 0) is 11.2 Å². The van der Waals surface area contributed by atoms with Crippen LogP contribution in [0.3, 0.4) is 0 Å². The van der Waals surface area contributed by atoms with Gasteiger partial charge in [-0.25, -0.2) is 4.98 Å². The van der Waals surface area contributed by atoms with E-state index in [1.807, 2.05) is 23.1 Å². The van der Waals surface area contributed by atoms with Gasteiger partial charge in [-0.3, -0.25) is 9.59 Å². The molecule has 2 aliphatic heterocycles. The minimum absolute atomic E-state index is 0.00695. The number of carbonyl (C=O) groups excluding carboxylic acids is 1. The predicted octanol–water partition coefficient (Wildman–Crippen LogP) is 1.35. The molecule has 3 heterocycles. The molecule has 0 spiro atoms. The molecule has 3 atom stereocenters. The molecular weight excluding hydrogens is 328 g/mol. The quantitative estimate of drug-likeness (QED) is 0.874. The Balaban J connectivity index is 1.63. The zero-order valence-electron chi connectivity index (χ0n) is 15.2. The number of carbonyl (C=O) groups is 1. The van der Waals surface area contributed by atoms with E-state index in [9.17, 15) is 9.59 Å². The summed E-state index contributed by atoms with van der Waals surface area (Å²) in [6, 6.07) is 10.3. The van der Waals surface area contributed by atoms with Crippen molar-refractivity contribution in [1.82, 2.24) is 20.2 Å². The van der Waals surface area contributed by atoms with E-state index in [0.717, 1.165) is 19.6 Å². The lowest BCUT2D eigenvalue weighted by atomic mass is 9.89. The van der Waals surface area contributed by atoms with Crippen LogP contribution in [0.5, 0.6) is 0 Å². The Morgan fingerprint density at radius 3 is 2.73 bits per heavy atom. The molecule has 2 fully saturated rings. The minimum Gasteiger partial charge on any atom is -0.335 e. The van der Waals surface area contributed by atoms with Crippen molar-refractivity contribution in [2.24, 2.45) is 11.8 Å². The van der Waals surface area contributed by atoms with Crippen molar-refractivity contribution in [3.8, 4) is 0 Å². The summed E-state index contributed by atoms with van der Waals surface area (Å²) in [5.74, 6) is 1.48. The van der Waals surface area contributed by atoms with E-state index in [2.05, 4.69) is 27.4 Å². The number of benzene rings is 1. The number of aryl methyl sites for hydroxylation is 2. The SMILES string of the molecule is Cc1nc(C)c(CC(=O)N2C[C@@H]3CNC[C@@H]3[C@@H]2c2ccccc2)c(=O)[nH]1. The number of likely N-dealkylation sites (tertiary alicyclic amines) is 1. The lowest BCUT2D eigenvalue weighted by Crippen LogP contribution is -2.37. The number of nitrogens with zero attached hydrogens (tertiary/aromatic N) is 2. The first-order chi connectivity index (χ1) is 12.5. The fraction of sp³-hybridized carbons (Fsp3) is 0.450. The van der Waals surface area contributed by atoms with Crippen LogP contribution in [0.25, 0.3) is 0 Å². The highest BCUT2D eigenvalue weighted by atomic mass is 16.2. The molecule has 6 nitrogen and oxygen atoms in total. The molecule has 2 aliphatic rings. The molecule has 2 aromatic rings. The lowest BCUT2D eigenvalue weighted by Gasteiger charge is -2.28. The third-order valence-electron chi connectivity index (χ3n) is 5.69. The Hall–Kier alpha value is -2.47. The number of nitrogens with one attached hydrogen (secondary N) is 2. The van der Waals surface area contributed by atoms with Gasteiger partial charge < -0.3 is 15.2 Å². The van der Waals surface area contributed by atoms with Gasteiger partial charge >= 0.3 is 0 Å². The molecule has 0 bridgehead atoms. The van der Waals surface area contributed by atoms with Crippen LogP contribution >= 0.6 is 0 Å². The molecule has 2 saturated heterocycles. The molecule has 1 aromatic carbocycles. The first kappa shape index (κ1) is 17.0. The number of hydrogen-bond acceptors (Lipinski definition) is 4. The first-order valence-electron chi connectivity index (χ1n) is 9.16. The number of hydrogen-bond donors (Lipinski definition) is 2. The Morgan fingerprint density at radius 1 is 1.23 bits per heavy atom. The van der Waals surface area contributed by atoms with E-state index < -0.39 is 0 Å². The maximum absolute atomic E-state index is 13.1. The molecule has 6 heteroatoms. The third kappa shape index (κ3) is 2.94. The Kier molecular flexibility index (Phi) is 4.36. The largest absolute Gasteiger partial charge is 0.335 e. The van der Waals surface area contributed by atoms with Gasteiger partial charge in [0, 0.05) is 36.8 Å². The summed E-state index contributed by atoms with van der Waals surface area (Å²) in [7, 11) is 0. The highest BCUT2D eigenvalue weighted by Gasteiger charge is 2.46. The zero-order valence-corrected chi connectivity index (χ0v) is 15.2. The highest BCUT2D eigenvalue weighted by molar-refractivity contribution is 5.80. The van der Waals surface area contributed by atoms with Crippen LogP contribution < -0.4 is 10.9 Å². The Labute approximate surface area is 152 Å². The summed E-state index contributed by atoms with van der Waals surface area (Å²) >= 11 is 0. The van der Waals surface area contributed by atoms with Crippen molar-refractivity contribution in [1.29, 1.82) is 0 Å². The van der Waals surface area contributed by atoms with Crippen LogP contribution in [0.4, 0.5) is 0 Å². The average Bonchev–Trinajstić information content (AvgIpc) is 3.19. The van der Waals surface area contributed by atoms with Crippen molar-refractivity contribution >= 4 is 5.91 Å². The van der Waals surface area contributed by atoms with Crippen molar-refractivity contribution in [3.05, 3.63) is 63.3 Å². The fourth-order valence-electron chi connectivity index (χ4n) is 4.47. The summed E-state index contributed by atoms with van der Waals surface area (Å²) in [5, 5.41) is 3.45. The van der Waals surface area contributed by atoms with Gasteiger partial charge in [-0.1, -0.05) is 30.3 Å². The van der Waals surface area contributed by atoms with Crippen molar-refractivity contribution in [2.75, 3.05) is 19.6 Å². The smallest absolute Gasteiger partial charge is 0.254 e. The van der Waals surface area contributed by atoms with Crippen LogP contribution in [-0.4, -0.2) is 40.4 Å². The van der Waals surface area contributed by atoms with Crippen LogP contribution in [0, 0.1) is 25.7 Å². The van der Waals surface area contributed by atoms with Gasteiger partial charge in [0.15, 0.2) is 0 Å². The summed E-state index contributed by atoms with van der Waals surface area (Å²) < 4.78 is 0. The molecule has 136 valence electrons. The number of H-pyrrole nitrogens is 1. The average molecular weight is 352 g/mol. The van der Waals surface area contributed by atoms with E-state index in [1.54, 1.807) is 13.8 Å². The Morgan fingerprint density at radius 2 is 2.00 bits per heavy atom. The zero-order chi connectivity index (χ0) is 18.3. The Bertz CT molecular complexity index is 877. The number of amides is 1. The number of fused-ring (bicyclic) bond motifs is 1. The standard InChI is InChI=1S/C20H24N4O2/c1-12-16(20(26)23-13(2)22-12)8-18(25)24-11-15-9-21-10-17(15)19(24)14-6-4-3-5-7-14/h3-7,15,17,19,21H,8-11H2,1-2H3,(H,22,23,26)/t15-,17-,19-/m0/s1. The van der Waals surface area contributed by atoms with E-state index >= 15 is 0 Å². The third-order valence-corrected chi connectivity index (χ3v) is 5.69. The van der Waals surface area contributed by atoms with E-state index in [-0.39, 0.29) is 23.9 Å². The normalized spacial score (nSPS) is 24.7. The van der Waals surface area contributed by atoms with Crippen molar-refractivity contribution in [3.63, 3.8) is 0 Å². The molecule has 0 radical (unpaired) electrons. The van der Waals surface area contributed by atoms with Gasteiger partial charge in [0.2, 0.25) is 5.91 Å². The maximum atomic E-state index is 13.1. The topological polar surface area (TPSA) is 78.1 Å². The maximum Gasteiger partial charge on any atom is 0.254 e. The van der Waals surface area contributed by atoms with Crippen molar-refractivity contribution < 1.29 is 4.79 Å². The van der Waals surface area contributed by atoms with Gasteiger partial charge in [0.25, 0.3) is 5.56 Å². The van der Waals surface area contributed by atoms with Gasteiger partial charge in [0.05, 0.1) is 12.5 Å². The monoisotopic (exact) mass is 352 g/mol. The number of rotatable bonds is 3. The summed E-state index contributed by atoms with van der Waals surface area (Å²) in [5.41, 5.74) is 2.07. The van der Waals surface area contributed by atoms with Gasteiger partial charge in [-0.05, 0) is 25.3 Å². The lowest BCUT2D eigenvalue weighted by molar-refractivity contribution is -0.132. The second-order valence-electron chi connectivity index (χ2n) is 7.38. The summed E-state index contributed by atoms with van der Waals surface area (Å²) in [6.07, 6.45) is 0.102. The second kappa shape index (κ2) is 6.68. The van der Waals surface area contributed by atoms with E-state index in [1.165, 1.54) is 5.56 Å². The van der Waals surface area contributed by atoms with Crippen LogP contribution in [0.1, 0.15) is 28.7 Å². The molecule has 0 aliphatic carbocycles. The molecule has 4 rings (SSSR count).